The Morgan fingerprint density at radius 2 is 1.67 bits per heavy atom. The molecule has 1 aliphatic heterocycles. The Kier molecular flexibility index (Phi) is 6.38. The van der Waals surface area contributed by atoms with Crippen LogP contribution in [0, 0.1) is 0 Å². The molecule has 1 fully saturated rings. The van der Waals surface area contributed by atoms with Crippen LogP contribution >= 0.6 is 0 Å². The van der Waals surface area contributed by atoms with Gasteiger partial charge in [0.2, 0.25) is 5.91 Å². The third-order valence-corrected chi connectivity index (χ3v) is 8.28. The van der Waals surface area contributed by atoms with Gasteiger partial charge in [-0.05, 0) is 60.6 Å². The van der Waals surface area contributed by atoms with Crippen LogP contribution in [0.25, 0.3) is 10.9 Å². The number of rotatable bonds is 6. The van der Waals surface area contributed by atoms with Gasteiger partial charge in [-0.1, -0.05) is 30.3 Å². The first-order valence-electron chi connectivity index (χ1n) is 11.7. The minimum atomic E-state index is -4.10. The van der Waals surface area contributed by atoms with Gasteiger partial charge in [0.15, 0.2) is 5.78 Å². The molecule has 0 atom stereocenters. The van der Waals surface area contributed by atoms with Gasteiger partial charge in [-0.15, -0.1) is 0 Å². The molecule has 3 aromatic rings. The Bertz CT molecular complexity index is 1460. The second-order valence-electron chi connectivity index (χ2n) is 8.89. The van der Waals surface area contributed by atoms with Crippen molar-refractivity contribution in [3.05, 3.63) is 90.2 Å². The summed E-state index contributed by atoms with van der Waals surface area (Å²) in [4.78, 5) is 25.9. The first kappa shape index (κ1) is 24.2. The number of carbonyl (C=O) groups excluding carboxylic acids is 2. The summed E-state index contributed by atoms with van der Waals surface area (Å²) >= 11 is 0. The molecule has 186 valence electrons. The third kappa shape index (κ3) is 4.53. The number of aryl methyl sites for hydroxylation is 1. The largest absolute Gasteiger partial charge is 0.378 e. The quantitative estimate of drug-likeness (QED) is 0.551. The smallest absolute Gasteiger partial charge is 0.268 e. The van der Waals surface area contributed by atoms with E-state index in [0.29, 0.717) is 50.0 Å². The average molecular weight is 507 g/mol. The number of hydrogen-bond acceptors (Lipinski definition) is 6. The van der Waals surface area contributed by atoms with E-state index in [1.54, 1.807) is 47.4 Å². The number of carbonyl (C=O) groups is 2. The SMILES string of the molecule is O=C1C=CC(O)(c2cc3ccccc3n2S(=O)(=O)c2ccc(CCC(=O)N3CCOCC3)cc2)C=C1. The van der Waals surface area contributed by atoms with Crippen molar-refractivity contribution in [3.63, 3.8) is 0 Å². The van der Waals surface area contributed by atoms with Gasteiger partial charge in [0.1, 0.15) is 5.60 Å². The molecule has 0 spiro atoms. The molecule has 1 saturated heterocycles. The minimum absolute atomic E-state index is 0.0526. The number of ether oxygens (including phenoxy) is 1. The van der Waals surface area contributed by atoms with Gasteiger partial charge in [-0.25, -0.2) is 12.4 Å². The zero-order chi connectivity index (χ0) is 25.3. The first-order chi connectivity index (χ1) is 17.3. The predicted molar refractivity (Wildman–Crippen MR) is 134 cm³/mol. The summed E-state index contributed by atoms with van der Waals surface area (Å²) in [5.74, 6) is -0.230. The van der Waals surface area contributed by atoms with Crippen LogP contribution in [0.2, 0.25) is 0 Å². The molecule has 1 aromatic heterocycles. The number of amides is 1. The van der Waals surface area contributed by atoms with Gasteiger partial charge in [0.25, 0.3) is 10.0 Å². The van der Waals surface area contributed by atoms with E-state index < -0.39 is 15.6 Å². The summed E-state index contributed by atoms with van der Waals surface area (Å²) in [5, 5.41) is 11.9. The van der Waals surface area contributed by atoms with Gasteiger partial charge >= 0.3 is 0 Å². The number of allylic oxidation sites excluding steroid dienone is 2. The fourth-order valence-corrected chi connectivity index (χ4v) is 6.10. The van der Waals surface area contributed by atoms with Crippen molar-refractivity contribution in [1.29, 1.82) is 0 Å². The minimum Gasteiger partial charge on any atom is -0.378 e. The van der Waals surface area contributed by atoms with Gasteiger partial charge < -0.3 is 14.7 Å². The molecule has 5 rings (SSSR count). The molecule has 8 nitrogen and oxygen atoms in total. The van der Waals surface area contributed by atoms with Crippen LogP contribution in [0.1, 0.15) is 17.7 Å². The van der Waals surface area contributed by atoms with E-state index in [4.69, 9.17) is 4.74 Å². The lowest BCUT2D eigenvalue weighted by Gasteiger charge is -2.26. The molecule has 0 saturated carbocycles. The number of aliphatic hydroxyl groups is 1. The maximum Gasteiger partial charge on any atom is 0.268 e. The highest BCUT2D eigenvalue weighted by Gasteiger charge is 2.34. The number of para-hydroxylation sites is 1. The van der Waals surface area contributed by atoms with Gasteiger partial charge in [-0.2, -0.15) is 0 Å². The molecule has 0 bridgehead atoms. The maximum absolute atomic E-state index is 13.8. The molecule has 0 unspecified atom stereocenters. The predicted octanol–water partition coefficient (Wildman–Crippen LogP) is 2.55. The van der Waals surface area contributed by atoms with E-state index in [1.165, 1.54) is 36.4 Å². The van der Waals surface area contributed by atoms with Gasteiger partial charge in [-0.3, -0.25) is 9.59 Å². The monoisotopic (exact) mass is 506 g/mol. The van der Waals surface area contributed by atoms with Crippen molar-refractivity contribution in [2.45, 2.75) is 23.3 Å². The Balaban J connectivity index is 1.45. The van der Waals surface area contributed by atoms with E-state index in [2.05, 4.69) is 0 Å². The zero-order valence-electron chi connectivity index (χ0n) is 19.5. The number of fused-ring (bicyclic) bond motifs is 1. The van der Waals surface area contributed by atoms with Crippen molar-refractivity contribution in [2.75, 3.05) is 26.3 Å². The lowest BCUT2D eigenvalue weighted by Crippen LogP contribution is -2.40. The van der Waals surface area contributed by atoms with Crippen LogP contribution in [-0.4, -0.2) is 60.4 Å². The fraction of sp³-hybridized carbons (Fsp3) is 0.259. The molecule has 2 aromatic carbocycles. The highest BCUT2D eigenvalue weighted by molar-refractivity contribution is 7.90. The van der Waals surface area contributed by atoms with Crippen LogP contribution < -0.4 is 0 Å². The number of benzene rings is 2. The summed E-state index contributed by atoms with van der Waals surface area (Å²) in [5.41, 5.74) is -0.382. The molecule has 2 aliphatic rings. The standard InChI is InChI=1S/C27H26N2O6S/c30-22-11-13-27(32,14-12-22)25-19-21-3-1-2-4-24(21)29(25)36(33,34)23-8-5-20(6-9-23)7-10-26(31)28-15-17-35-18-16-28/h1-6,8-9,11-14,19,32H,7,10,15-18H2. The summed E-state index contributed by atoms with van der Waals surface area (Å²) in [6.07, 6.45) is 5.87. The summed E-state index contributed by atoms with van der Waals surface area (Å²) in [6, 6.07) is 15.0. The lowest BCUT2D eigenvalue weighted by molar-refractivity contribution is -0.135. The molecular formula is C27H26N2O6S. The normalized spacial score (nSPS) is 17.6. The molecule has 36 heavy (non-hydrogen) atoms. The first-order valence-corrected chi connectivity index (χ1v) is 13.2. The number of ketones is 1. The summed E-state index contributed by atoms with van der Waals surface area (Å²) < 4.78 is 34.1. The van der Waals surface area contributed by atoms with Crippen LogP contribution in [0.4, 0.5) is 0 Å². The topological polar surface area (TPSA) is 106 Å². The molecule has 1 aliphatic carbocycles. The highest BCUT2D eigenvalue weighted by Crippen LogP contribution is 2.35. The van der Waals surface area contributed by atoms with E-state index in [0.717, 1.165) is 9.54 Å². The average Bonchev–Trinajstić information content (AvgIpc) is 3.31. The number of morpholine rings is 1. The van der Waals surface area contributed by atoms with E-state index >= 15 is 0 Å². The van der Waals surface area contributed by atoms with Crippen molar-refractivity contribution in [2.24, 2.45) is 0 Å². The molecule has 0 radical (unpaired) electrons. The van der Waals surface area contributed by atoms with Gasteiger partial charge in [0, 0.05) is 24.9 Å². The second kappa shape index (κ2) is 9.50. The van der Waals surface area contributed by atoms with Crippen LogP contribution in [0.15, 0.2) is 83.8 Å². The zero-order valence-corrected chi connectivity index (χ0v) is 20.4. The van der Waals surface area contributed by atoms with E-state index in [-0.39, 0.29) is 22.3 Å². The van der Waals surface area contributed by atoms with Crippen molar-refractivity contribution in [1.82, 2.24) is 8.87 Å². The third-order valence-electron chi connectivity index (χ3n) is 6.53. The molecular weight excluding hydrogens is 480 g/mol. The molecule has 1 N–H and O–H groups in total. The molecule has 1 amide bonds. The highest BCUT2D eigenvalue weighted by atomic mass is 32.2. The van der Waals surface area contributed by atoms with Crippen LogP contribution in [-0.2, 0) is 36.4 Å². The van der Waals surface area contributed by atoms with Crippen LogP contribution in [0.3, 0.4) is 0 Å². The van der Waals surface area contributed by atoms with Crippen molar-refractivity contribution >= 4 is 32.6 Å². The molecule has 9 heteroatoms. The summed E-state index contributed by atoms with van der Waals surface area (Å²) in [6.45, 7) is 2.28. The Morgan fingerprint density at radius 3 is 2.36 bits per heavy atom. The number of hydrogen-bond donors (Lipinski definition) is 1. The lowest BCUT2D eigenvalue weighted by atomic mass is 9.94. The van der Waals surface area contributed by atoms with E-state index in [1.807, 2.05) is 0 Å². The Morgan fingerprint density at radius 1 is 1.00 bits per heavy atom. The van der Waals surface area contributed by atoms with Crippen molar-refractivity contribution < 1.29 is 27.9 Å². The number of nitrogens with zero attached hydrogens (tertiary/aromatic N) is 2. The van der Waals surface area contributed by atoms with Gasteiger partial charge in [0.05, 0.1) is 29.3 Å². The number of aromatic nitrogens is 1. The fourth-order valence-electron chi connectivity index (χ4n) is 4.52. The Labute approximate surface area is 209 Å². The van der Waals surface area contributed by atoms with E-state index in [9.17, 15) is 23.1 Å². The summed E-state index contributed by atoms with van der Waals surface area (Å²) in [7, 11) is -4.10. The Hall–Kier alpha value is -3.53. The van der Waals surface area contributed by atoms with Crippen LogP contribution in [0.5, 0.6) is 0 Å². The molecule has 2 heterocycles. The maximum atomic E-state index is 13.8. The van der Waals surface area contributed by atoms with Crippen molar-refractivity contribution in [3.8, 4) is 0 Å². The second-order valence-corrected chi connectivity index (χ2v) is 10.7.